The second-order valence-corrected chi connectivity index (χ2v) is 11.3. The molecule has 0 aliphatic carbocycles. The third kappa shape index (κ3) is 5.60. The minimum absolute atomic E-state index is 0.0332. The lowest BCUT2D eigenvalue weighted by Crippen LogP contribution is -2.48. The number of hydrogen-bond donors (Lipinski definition) is 2. The normalized spacial score (nSPS) is 20.9. The molecular weight excluding hydrogens is 558 g/mol. The molecule has 0 radical (unpaired) electrons. The Morgan fingerprint density at radius 3 is 2.76 bits per heavy atom. The van der Waals surface area contributed by atoms with Gasteiger partial charge >= 0.3 is 6.18 Å². The predicted octanol–water partition coefficient (Wildman–Crippen LogP) is 4.18. The van der Waals surface area contributed by atoms with Crippen LogP contribution in [0.3, 0.4) is 0 Å². The van der Waals surface area contributed by atoms with Gasteiger partial charge in [-0.1, -0.05) is 11.2 Å². The van der Waals surface area contributed by atoms with Crippen molar-refractivity contribution in [1.82, 2.24) is 29.5 Å². The van der Waals surface area contributed by atoms with Gasteiger partial charge in [0.15, 0.2) is 0 Å². The summed E-state index contributed by atoms with van der Waals surface area (Å²) >= 11 is 0. The smallest absolute Gasteiger partial charge is 0.379 e. The van der Waals surface area contributed by atoms with E-state index in [4.69, 9.17) is 9.26 Å². The van der Waals surface area contributed by atoms with E-state index < -0.39 is 24.9 Å². The lowest BCUT2D eigenvalue weighted by molar-refractivity contribution is -0.139. The Morgan fingerprint density at radius 1 is 1.24 bits per heavy atom. The van der Waals surface area contributed by atoms with E-state index in [-0.39, 0.29) is 41.9 Å². The zero-order chi connectivity index (χ0) is 29.6. The van der Waals surface area contributed by atoms with Crippen LogP contribution in [0.2, 0.25) is 0 Å². The predicted molar refractivity (Wildman–Crippen MR) is 146 cm³/mol. The molecule has 42 heavy (non-hydrogen) atoms. The average Bonchev–Trinajstić information content (AvgIpc) is 3.66. The number of amides is 1. The number of halogens is 4. The summed E-state index contributed by atoms with van der Waals surface area (Å²) in [6.07, 6.45) is -1.55. The Morgan fingerprint density at radius 2 is 2.05 bits per heavy atom. The summed E-state index contributed by atoms with van der Waals surface area (Å²) < 4.78 is 69.3. The summed E-state index contributed by atoms with van der Waals surface area (Å²) in [5.74, 6) is -0.386. The number of anilines is 1. The van der Waals surface area contributed by atoms with Crippen molar-refractivity contribution in [3.05, 3.63) is 54.2 Å². The number of carbonyl (C=O) groups excluding carboxylic acids is 1. The van der Waals surface area contributed by atoms with E-state index in [2.05, 4.69) is 20.8 Å². The first kappa shape index (κ1) is 28.2. The molecule has 224 valence electrons. The Balaban J connectivity index is 1.23. The van der Waals surface area contributed by atoms with Gasteiger partial charge in [0.25, 0.3) is 5.91 Å². The van der Waals surface area contributed by atoms with Crippen LogP contribution in [-0.4, -0.2) is 81.8 Å². The van der Waals surface area contributed by atoms with Crippen molar-refractivity contribution in [2.75, 3.05) is 38.7 Å². The first-order valence-electron chi connectivity index (χ1n) is 13.6. The number of piperidine rings is 1. The van der Waals surface area contributed by atoms with Crippen molar-refractivity contribution in [2.24, 2.45) is 0 Å². The van der Waals surface area contributed by atoms with Crippen molar-refractivity contribution in [2.45, 2.75) is 50.4 Å². The Labute approximate surface area is 238 Å². The van der Waals surface area contributed by atoms with Crippen molar-refractivity contribution < 1.29 is 31.6 Å². The molecule has 2 atom stereocenters. The second kappa shape index (κ2) is 10.7. The van der Waals surface area contributed by atoms with Gasteiger partial charge in [-0.3, -0.25) is 4.79 Å². The van der Waals surface area contributed by atoms with Gasteiger partial charge in [0, 0.05) is 36.6 Å². The molecule has 2 fully saturated rings. The van der Waals surface area contributed by atoms with Crippen LogP contribution in [0, 0.1) is 0 Å². The van der Waals surface area contributed by atoms with Crippen molar-refractivity contribution >= 4 is 22.5 Å². The van der Waals surface area contributed by atoms with Crippen LogP contribution in [0.25, 0.3) is 22.4 Å². The van der Waals surface area contributed by atoms with Crippen LogP contribution in [0.1, 0.15) is 29.6 Å². The molecule has 1 aromatic carbocycles. The number of ether oxygens (including phenoxy) is 1. The number of rotatable bonds is 8. The van der Waals surface area contributed by atoms with E-state index in [0.717, 1.165) is 4.57 Å². The fourth-order valence-electron chi connectivity index (χ4n) is 5.47. The van der Waals surface area contributed by atoms with Crippen LogP contribution >= 0.6 is 0 Å². The summed E-state index contributed by atoms with van der Waals surface area (Å²) in [7, 11) is 1.85. The molecule has 0 unspecified atom stereocenters. The van der Waals surface area contributed by atoms with Crippen LogP contribution in [-0.2, 0) is 23.4 Å². The Kier molecular flexibility index (Phi) is 7.21. The highest BCUT2D eigenvalue weighted by Crippen LogP contribution is 2.35. The lowest BCUT2D eigenvalue weighted by atomic mass is 10.0. The third-order valence-corrected chi connectivity index (χ3v) is 7.87. The van der Waals surface area contributed by atoms with E-state index in [0.29, 0.717) is 48.3 Å². The molecule has 10 nitrogen and oxygen atoms in total. The number of aromatic nitrogens is 4. The van der Waals surface area contributed by atoms with Gasteiger partial charge < -0.3 is 33.9 Å². The number of fused-ring (bicyclic) bond motifs is 1. The number of nitrogens with zero attached hydrogens (tertiary/aromatic N) is 5. The second-order valence-electron chi connectivity index (χ2n) is 11.3. The Bertz CT molecular complexity index is 1590. The number of likely N-dealkylation sites (tertiary alicyclic amines) is 1. The van der Waals surface area contributed by atoms with E-state index in [1.807, 2.05) is 29.6 Å². The van der Waals surface area contributed by atoms with Gasteiger partial charge in [0.1, 0.15) is 12.7 Å². The highest BCUT2D eigenvalue weighted by molar-refractivity contribution is 5.96. The van der Waals surface area contributed by atoms with Gasteiger partial charge in [-0.2, -0.15) is 18.2 Å². The molecule has 2 aliphatic heterocycles. The Hall–Kier alpha value is -3.91. The molecule has 6 rings (SSSR count). The molecule has 2 N–H and O–H groups in total. The molecular formula is C28H31F4N7O3. The third-order valence-electron chi connectivity index (χ3n) is 7.87. The number of nitrogens with one attached hydrogen (secondary N) is 2. The zero-order valence-corrected chi connectivity index (χ0v) is 23.1. The van der Waals surface area contributed by atoms with Crippen LogP contribution in [0.4, 0.5) is 23.2 Å². The van der Waals surface area contributed by atoms with Crippen molar-refractivity contribution in [3.63, 3.8) is 0 Å². The number of carbonyl (C=O) groups is 1. The summed E-state index contributed by atoms with van der Waals surface area (Å²) in [6.45, 7) is 2.73. The largest absolute Gasteiger partial charge is 0.406 e. The van der Waals surface area contributed by atoms with E-state index in [9.17, 15) is 22.4 Å². The van der Waals surface area contributed by atoms with Crippen molar-refractivity contribution in [1.29, 1.82) is 0 Å². The summed E-state index contributed by atoms with van der Waals surface area (Å²) in [5, 5.41) is 10.3. The van der Waals surface area contributed by atoms with Gasteiger partial charge in [-0.15, -0.1) is 0 Å². The summed E-state index contributed by atoms with van der Waals surface area (Å²) in [6, 6.07) is 7.69. The molecule has 14 heteroatoms. The SMILES string of the molecule is CN1CC[C@@H](Nc2cccc3c2cc(-c2noc(CNC(=O)c4ccn(C5(C)COC5)c4)n2)n3CC(F)(F)F)[C@@H](F)C1. The molecule has 0 saturated carbocycles. The maximum Gasteiger partial charge on any atom is 0.406 e. The van der Waals surface area contributed by atoms with Crippen LogP contribution < -0.4 is 10.6 Å². The maximum absolute atomic E-state index is 14.7. The van der Waals surface area contributed by atoms with Gasteiger partial charge in [0.2, 0.25) is 11.7 Å². The van der Waals surface area contributed by atoms with Gasteiger partial charge in [0.05, 0.1) is 48.1 Å². The minimum Gasteiger partial charge on any atom is -0.379 e. The number of hydrogen-bond acceptors (Lipinski definition) is 7. The standard InChI is InChI=1S/C28H31F4N7O3/c1-27(15-41-16-27)38-9-6-17(12-38)26(40)33-11-24-35-25(36-42-24)23-10-18-20(34-21-7-8-37(2)13-19(21)29)4-3-5-22(18)39(23)14-28(30,31)32/h3-6,9-10,12,19,21,34H,7-8,11,13-16H2,1-2H3,(H,33,40)/t19-,21+/m0/s1. The molecule has 2 aliphatic rings. The summed E-state index contributed by atoms with van der Waals surface area (Å²) in [4.78, 5) is 18.9. The average molecular weight is 590 g/mol. The molecule has 5 heterocycles. The first-order chi connectivity index (χ1) is 20.0. The monoisotopic (exact) mass is 589 g/mol. The number of alkyl halides is 4. The molecule has 4 aromatic rings. The highest BCUT2D eigenvalue weighted by Gasteiger charge is 2.35. The molecule has 0 bridgehead atoms. The highest BCUT2D eigenvalue weighted by atomic mass is 19.4. The van der Waals surface area contributed by atoms with Gasteiger partial charge in [-0.05, 0) is 44.7 Å². The molecule has 1 amide bonds. The van der Waals surface area contributed by atoms with E-state index >= 15 is 0 Å². The van der Waals surface area contributed by atoms with E-state index in [1.165, 1.54) is 0 Å². The quantitative estimate of drug-likeness (QED) is 0.297. The topological polar surface area (TPSA) is 102 Å². The molecule has 0 spiro atoms. The van der Waals surface area contributed by atoms with Gasteiger partial charge in [-0.25, -0.2) is 4.39 Å². The number of benzene rings is 1. The van der Waals surface area contributed by atoms with Crippen LogP contribution in [0.5, 0.6) is 0 Å². The fourth-order valence-corrected chi connectivity index (χ4v) is 5.47. The van der Waals surface area contributed by atoms with Crippen LogP contribution in [0.15, 0.2) is 47.2 Å². The fraction of sp³-hybridized carbons (Fsp3) is 0.464. The summed E-state index contributed by atoms with van der Waals surface area (Å²) in [5.41, 5.74) is 1.16. The first-order valence-corrected chi connectivity index (χ1v) is 13.6. The minimum atomic E-state index is -4.53. The zero-order valence-electron chi connectivity index (χ0n) is 23.1. The van der Waals surface area contributed by atoms with E-state index in [1.54, 1.807) is 36.5 Å². The lowest BCUT2D eigenvalue weighted by Gasteiger charge is -2.39. The molecule has 3 aromatic heterocycles. The molecule has 2 saturated heterocycles. The van der Waals surface area contributed by atoms with Crippen molar-refractivity contribution in [3.8, 4) is 11.5 Å². The maximum atomic E-state index is 14.7.